The van der Waals surface area contributed by atoms with Gasteiger partial charge >= 0.3 is 0 Å². The molecule has 1 amide bonds. The minimum atomic E-state index is 0.0491. The molecule has 5 nitrogen and oxygen atoms in total. The highest BCUT2D eigenvalue weighted by Crippen LogP contribution is 2.29. The van der Waals surface area contributed by atoms with Crippen LogP contribution in [0.15, 0.2) is 12.3 Å². The number of ether oxygens (including phenoxy) is 1. The second kappa shape index (κ2) is 6.70. The molecule has 0 unspecified atom stereocenters. The molecule has 2 rings (SSSR count). The number of methoxy groups -OCH3 is 1. The van der Waals surface area contributed by atoms with Crippen molar-refractivity contribution in [1.82, 2.24) is 9.88 Å². The van der Waals surface area contributed by atoms with Crippen molar-refractivity contribution in [1.29, 1.82) is 0 Å². The normalized spacial score (nSPS) is 14.2. The molecule has 0 bridgehead atoms. The lowest BCUT2D eigenvalue weighted by molar-refractivity contribution is 0.0680. The highest BCUT2D eigenvalue weighted by molar-refractivity contribution is 5.99. The molecule has 1 N–H and O–H groups in total. The first-order valence-corrected chi connectivity index (χ1v) is 7.17. The molecule has 0 aromatic carbocycles. The van der Waals surface area contributed by atoms with Crippen LogP contribution in [0.5, 0.6) is 0 Å². The van der Waals surface area contributed by atoms with Crippen LogP contribution in [0.1, 0.15) is 35.8 Å². The monoisotopic (exact) mass is 277 g/mol. The third-order valence-electron chi connectivity index (χ3n) is 3.42. The fraction of sp³-hybridized carbons (Fsp3) is 0.600. The average molecular weight is 277 g/mol. The first kappa shape index (κ1) is 14.8. The van der Waals surface area contributed by atoms with Gasteiger partial charge in [0, 0.05) is 38.1 Å². The van der Waals surface area contributed by atoms with Crippen molar-refractivity contribution in [2.75, 3.05) is 32.1 Å². The van der Waals surface area contributed by atoms with Gasteiger partial charge in [-0.15, -0.1) is 0 Å². The topological polar surface area (TPSA) is 54.5 Å². The predicted octanol–water partition coefficient (Wildman–Crippen LogP) is 2.07. The number of aryl methyl sites for hydroxylation is 1. The zero-order chi connectivity index (χ0) is 14.5. The predicted molar refractivity (Wildman–Crippen MR) is 79.1 cm³/mol. The molecule has 5 heteroatoms. The minimum Gasteiger partial charge on any atom is -0.385 e. The third kappa shape index (κ3) is 3.48. The van der Waals surface area contributed by atoms with E-state index in [1.54, 1.807) is 13.3 Å². The Morgan fingerprint density at radius 3 is 2.90 bits per heavy atom. The van der Waals surface area contributed by atoms with Crippen molar-refractivity contribution < 1.29 is 9.53 Å². The van der Waals surface area contributed by atoms with Crippen molar-refractivity contribution >= 4 is 11.6 Å². The van der Waals surface area contributed by atoms with Gasteiger partial charge in [0.15, 0.2) is 0 Å². The molecule has 0 spiro atoms. The largest absolute Gasteiger partial charge is 0.385 e. The van der Waals surface area contributed by atoms with E-state index in [9.17, 15) is 4.79 Å². The van der Waals surface area contributed by atoms with Gasteiger partial charge in [-0.1, -0.05) is 0 Å². The van der Waals surface area contributed by atoms with E-state index in [-0.39, 0.29) is 5.91 Å². The lowest BCUT2D eigenvalue weighted by atomic mass is 10.1. The van der Waals surface area contributed by atoms with E-state index >= 15 is 0 Å². The molecular weight excluding hydrogens is 254 g/mol. The van der Waals surface area contributed by atoms with Crippen molar-refractivity contribution in [3.8, 4) is 0 Å². The summed E-state index contributed by atoms with van der Waals surface area (Å²) in [5.74, 6) is 0.0491. The van der Waals surface area contributed by atoms with Crippen LogP contribution in [-0.4, -0.2) is 48.6 Å². The lowest BCUT2D eigenvalue weighted by Crippen LogP contribution is -2.36. The van der Waals surface area contributed by atoms with E-state index in [1.165, 1.54) is 0 Å². The Kier molecular flexibility index (Phi) is 4.95. The number of hydrogen-bond donors (Lipinski definition) is 1. The van der Waals surface area contributed by atoms with Crippen LogP contribution in [0.2, 0.25) is 0 Å². The molecule has 0 saturated heterocycles. The smallest absolute Gasteiger partial charge is 0.257 e. The number of pyridine rings is 1. The fourth-order valence-corrected chi connectivity index (χ4v) is 2.25. The van der Waals surface area contributed by atoms with E-state index < -0.39 is 0 Å². The highest BCUT2D eigenvalue weighted by Gasteiger charge is 2.33. The van der Waals surface area contributed by atoms with Crippen LogP contribution in [0.25, 0.3) is 0 Å². The minimum absolute atomic E-state index is 0.0491. The third-order valence-corrected chi connectivity index (χ3v) is 3.42. The molecule has 1 aliphatic rings. The summed E-state index contributed by atoms with van der Waals surface area (Å²) in [6.07, 6.45) is 3.86. The Bertz CT molecular complexity index is 472. The Balaban J connectivity index is 2.21. The van der Waals surface area contributed by atoms with Crippen molar-refractivity contribution in [3.05, 3.63) is 23.5 Å². The molecule has 110 valence electrons. The molecule has 1 fully saturated rings. The number of nitrogens with zero attached hydrogens (tertiary/aromatic N) is 2. The first-order chi connectivity index (χ1) is 9.67. The number of nitrogens with one attached hydrogen (secondary N) is 1. The molecule has 0 aliphatic heterocycles. The maximum atomic E-state index is 12.7. The van der Waals surface area contributed by atoms with Crippen molar-refractivity contribution in [3.63, 3.8) is 0 Å². The molecule has 1 aromatic heterocycles. The Morgan fingerprint density at radius 2 is 2.30 bits per heavy atom. The molecule has 1 aromatic rings. The van der Waals surface area contributed by atoms with Crippen LogP contribution in [0.3, 0.4) is 0 Å². The van der Waals surface area contributed by atoms with Crippen molar-refractivity contribution in [2.45, 2.75) is 32.7 Å². The summed E-state index contributed by atoms with van der Waals surface area (Å²) in [7, 11) is 1.66. The first-order valence-electron chi connectivity index (χ1n) is 7.17. The van der Waals surface area contributed by atoms with E-state index in [0.29, 0.717) is 24.8 Å². The standard InChI is InChI=1S/C15H23N3O2/c1-4-16-14-9-11(2)17-10-13(14)15(19)18(7-8-20-3)12-5-6-12/h9-10,12H,4-8H2,1-3H3,(H,16,17). The summed E-state index contributed by atoms with van der Waals surface area (Å²) in [5, 5.41) is 3.25. The Hall–Kier alpha value is -1.62. The number of carbonyl (C=O) groups excluding carboxylic acids is 1. The molecule has 0 radical (unpaired) electrons. The van der Waals surface area contributed by atoms with Gasteiger partial charge in [-0.3, -0.25) is 9.78 Å². The number of aromatic nitrogens is 1. The van der Waals surface area contributed by atoms with E-state index in [1.807, 2.05) is 24.8 Å². The summed E-state index contributed by atoms with van der Waals surface area (Å²) in [4.78, 5) is 18.9. The van der Waals surface area contributed by atoms with E-state index in [4.69, 9.17) is 4.74 Å². The molecule has 0 atom stereocenters. The molecule has 20 heavy (non-hydrogen) atoms. The SMILES string of the molecule is CCNc1cc(C)ncc1C(=O)N(CCOC)C1CC1. The number of hydrogen-bond acceptors (Lipinski definition) is 4. The highest BCUT2D eigenvalue weighted by atomic mass is 16.5. The maximum absolute atomic E-state index is 12.7. The zero-order valence-electron chi connectivity index (χ0n) is 12.5. The zero-order valence-corrected chi connectivity index (χ0v) is 12.5. The fourth-order valence-electron chi connectivity index (χ4n) is 2.25. The van der Waals surface area contributed by atoms with Crippen LogP contribution < -0.4 is 5.32 Å². The van der Waals surface area contributed by atoms with Gasteiger partial charge in [0.1, 0.15) is 0 Å². The van der Waals surface area contributed by atoms with Crippen LogP contribution in [0.4, 0.5) is 5.69 Å². The van der Waals surface area contributed by atoms with Gasteiger partial charge in [0.05, 0.1) is 17.9 Å². The van der Waals surface area contributed by atoms with E-state index in [0.717, 1.165) is 30.8 Å². The van der Waals surface area contributed by atoms with Crippen LogP contribution in [-0.2, 0) is 4.74 Å². The molecule has 1 heterocycles. The number of anilines is 1. The number of rotatable bonds is 7. The van der Waals surface area contributed by atoms with Gasteiger partial charge < -0.3 is 15.0 Å². The summed E-state index contributed by atoms with van der Waals surface area (Å²) in [5.41, 5.74) is 2.43. The van der Waals surface area contributed by atoms with Gasteiger partial charge in [0.2, 0.25) is 0 Å². The maximum Gasteiger partial charge on any atom is 0.257 e. The summed E-state index contributed by atoms with van der Waals surface area (Å²) >= 11 is 0. The molecule has 1 saturated carbocycles. The van der Waals surface area contributed by atoms with Crippen LogP contribution >= 0.6 is 0 Å². The summed E-state index contributed by atoms with van der Waals surface area (Å²) < 4.78 is 5.11. The Morgan fingerprint density at radius 1 is 1.55 bits per heavy atom. The number of amides is 1. The average Bonchev–Trinajstić information content (AvgIpc) is 3.24. The Labute approximate surface area is 120 Å². The van der Waals surface area contributed by atoms with Gasteiger partial charge in [-0.25, -0.2) is 0 Å². The van der Waals surface area contributed by atoms with Gasteiger partial charge in [-0.2, -0.15) is 0 Å². The quantitative estimate of drug-likeness (QED) is 0.829. The second-order valence-corrected chi connectivity index (χ2v) is 5.12. The number of carbonyl (C=O) groups is 1. The summed E-state index contributed by atoms with van der Waals surface area (Å²) in [6, 6.07) is 2.30. The lowest BCUT2D eigenvalue weighted by Gasteiger charge is -2.23. The van der Waals surface area contributed by atoms with Crippen LogP contribution in [0, 0.1) is 6.92 Å². The molecule has 1 aliphatic carbocycles. The second-order valence-electron chi connectivity index (χ2n) is 5.12. The van der Waals surface area contributed by atoms with Gasteiger partial charge in [-0.05, 0) is 32.8 Å². The van der Waals surface area contributed by atoms with Gasteiger partial charge in [0.25, 0.3) is 5.91 Å². The molecular formula is C15H23N3O2. The van der Waals surface area contributed by atoms with Crippen molar-refractivity contribution in [2.24, 2.45) is 0 Å². The summed E-state index contributed by atoms with van der Waals surface area (Å²) in [6.45, 7) is 5.94. The van der Waals surface area contributed by atoms with E-state index in [2.05, 4.69) is 10.3 Å².